The van der Waals surface area contributed by atoms with Crippen molar-refractivity contribution in [3.8, 4) is 0 Å². The van der Waals surface area contributed by atoms with E-state index in [1.165, 1.54) is 11.1 Å². The summed E-state index contributed by atoms with van der Waals surface area (Å²) in [7, 11) is 0. The molecule has 1 aromatic rings. The third-order valence-electron chi connectivity index (χ3n) is 3.29. The molecule has 2 atom stereocenters. The molecule has 1 saturated heterocycles. The maximum atomic E-state index is 5.80. The Hall–Kier alpha value is -0.130. The number of nitrogens with zero attached hydrogens (tertiary/aromatic N) is 1. The Kier molecular flexibility index (Phi) is 4.44. The highest BCUT2D eigenvalue weighted by atomic mass is 127. The van der Waals surface area contributed by atoms with Crippen molar-refractivity contribution in [1.29, 1.82) is 0 Å². The van der Waals surface area contributed by atoms with Gasteiger partial charge in [0.25, 0.3) is 0 Å². The van der Waals surface area contributed by atoms with Gasteiger partial charge in [0.05, 0.1) is 18.8 Å². The third-order valence-corrected chi connectivity index (χ3v) is 4.35. The van der Waals surface area contributed by atoms with E-state index in [9.17, 15) is 0 Å². The predicted octanol–water partition coefficient (Wildman–Crippen LogP) is 3.92. The molecule has 2 nitrogen and oxygen atoms in total. The summed E-state index contributed by atoms with van der Waals surface area (Å²) in [5.41, 5.74) is 2.86. The van der Waals surface area contributed by atoms with Crippen molar-refractivity contribution in [2.45, 2.75) is 38.8 Å². The van der Waals surface area contributed by atoms with Crippen molar-refractivity contribution in [3.05, 3.63) is 35.4 Å². The summed E-state index contributed by atoms with van der Waals surface area (Å²) in [4.78, 5) is 0. The second kappa shape index (κ2) is 5.67. The summed E-state index contributed by atoms with van der Waals surface area (Å²) in [5, 5.41) is 0. The first-order valence-electron chi connectivity index (χ1n) is 6.22. The minimum atomic E-state index is 0.342. The van der Waals surface area contributed by atoms with Gasteiger partial charge in [-0.1, -0.05) is 38.1 Å². The quantitative estimate of drug-likeness (QED) is 0.595. The molecule has 1 heterocycles. The van der Waals surface area contributed by atoms with Crippen molar-refractivity contribution < 1.29 is 4.74 Å². The van der Waals surface area contributed by atoms with Gasteiger partial charge < -0.3 is 4.74 Å². The van der Waals surface area contributed by atoms with Crippen LogP contribution in [0, 0.1) is 0 Å². The lowest BCUT2D eigenvalue weighted by Gasteiger charge is -2.35. The van der Waals surface area contributed by atoms with Gasteiger partial charge in [0.2, 0.25) is 0 Å². The van der Waals surface area contributed by atoms with Crippen molar-refractivity contribution in [3.63, 3.8) is 0 Å². The van der Waals surface area contributed by atoms with E-state index in [0.717, 1.165) is 13.2 Å². The van der Waals surface area contributed by atoms with Crippen LogP contribution in [0.25, 0.3) is 0 Å². The summed E-state index contributed by atoms with van der Waals surface area (Å²) in [6, 6.07) is 9.13. The molecule has 1 aliphatic rings. The molecule has 0 N–H and O–H groups in total. The number of rotatable bonds is 2. The largest absolute Gasteiger partial charge is 0.375 e. The van der Waals surface area contributed by atoms with E-state index in [4.69, 9.17) is 4.74 Å². The van der Waals surface area contributed by atoms with Gasteiger partial charge in [-0.25, -0.2) is 3.11 Å². The van der Waals surface area contributed by atoms with Crippen LogP contribution in [-0.2, 0) is 4.74 Å². The number of morpholine rings is 1. The molecule has 0 aliphatic carbocycles. The number of hydrogen-bond donors (Lipinski definition) is 0. The Morgan fingerprint density at radius 3 is 2.71 bits per heavy atom. The van der Waals surface area contributed by atoms with Gasteiger partial charge in [-0.2, -0.15) is 0 Å². The molecule has 1 fully saturated rings. The molecule has 0 bridgehead atoms. The highest BCUT2D eigenvalue weighted by Crippen LogP contribution is 2.33. The molecule has 0 spiro atoms. The molecule has 1 aliphatic heterocycles. The van der Waals surface area contributed by atoms with Crippen molar-refractivity contribution in [2.24, 2.45) is 0 Å². The van der Waals surface area contributed by atoms with Crippen LogP contribution in [0.2, 0.25) is 0 Å². The van der Waals surface area contributed by atoms with E-state index < -0.39 is 0 Å². The number of hydrogen-bond acceptors (Lipinski definition) is 2. The second-order valence-corrected chi connectivity index (χ2v) is 6.26. The van der Waals surface area contributed by atoms with E-state index in [1.54, 1.807) is 0 Å². The zero-order valence-electron chi connectivity index (χ0n) is 10.7. The molecular weight excluding hydrogens is 325 g/mol. The Bertz CT molecular complexity index is 380. The maximum Gasteiger partial charge on any atom is 0.0683 e. The van der Waals surface area contributed by atoms with E-state index in [2.05, 4.69) is 71.0 Å². The minimum Gasteiger partial charge on any atom is -0.375 e. The van der Waals surface area contributed by atoms with Gasteiger partial charge in [0.15, 0.2) is 0 Å². The Morgan fingerprint density at radius 2 is 2.06 bits per heavy atom. The first kappa shape index (κ1) is 13.3. The predicted molar refractivity (Wildman–Crippen MR) is 79.4 cm³/mol. The molecule has 94 valence electrons. The number of halogens is 1. The van der Waals surface area contributed by atoms with Crippen LogP contribution in [-0.4, -0.2) is 22.4 Å². The zero-order chi connectivity index (χ0) is 12.4. The van der Waals surface area contributed by atoms with Crippen LogP contribution < -0.4 is 0 Å². The monoisotopic (exact) mass is 345 g/mol. The standard InChI is InChI=1S/C14H20INO/c1-10(2)12-6-4-5-7-13(12)14-9-17-11(3)8-16(14)15/h4-7,10-11,14H,8-9H2,1-3H3. The molecule has 0 radical (unpaired) electrons. The lowest BCUT2D eigenvalue weighted by atomic mass is 9.92. The van der Waals surface area contributed by atoms with Crippen LogP contribution in [0.3, 0.4) is 0 Å². The minimum absolute atomic E-state index is 0.342. The van der Waals surface area contributed by atoms with Crippen LogP contribution in [0.15, 0.2) is 24.3 Å². The molecule has 2 unspecified atom stereocenters. The van der Waals surface area contributed by atoms with E-state index in [0.29, 0.717) is 18.1 Å². The highest BCUT2D eigenvalue weighted by Gasteiger charge is 2.28. The van der Waals surface area contributed by atoms with Crippen LogP contribution in [0.4, 0.5) is 0 Å². The molecule has 0 amide bonds. The number of benzene rings is 1. The van der Waals surface area contributed by atoms with Gasteiger partial charge in [0, 0.05) is 29.4 Å². The van der Waals surface area contributed by atoms with E-state index in [1.807, 2.05) is 0 Å². The van der Waals surface area contributed by atoms with Gasteiger partial charge in [-0.05, 0) is 24.0 Å². The summed E-state index contributed by atoms with van der Waals surface area (Å²) < 4.78 is 8.19. The third kappa shape index (κ3) is 3.01. The first-order valence-corrected chi connectivity index (χ1v) is 7.19. The summed E-state index contributed by atoms with van der Waals surface area (Å²) in [6.07, 6.45) is 0.342. The van der Waals surface area contributed by atoms with Crippen LogP contribution >= 0.6 is 22.9 Å². The molecule has 3 heteroatoms. The van der Waals surface area contributed by atoms with Gasteiger partial charge in [0.1, 0.15) is 0 Å². The fourth-order valence-corrected chi connectivity index (χ4v) is 3.36. The lowest BCUT2D eigenvalue weighted by molar-refractivity contribution is -0.0131. The molecule has 17 heavy (non-hydrogen) atoms. The van der Waals surface area contributed by atoms with E-state index in [-0.39, 0.29) is 0 Å². The normalized spacial score (nSPS) is 26.4. The Balaban J connectivity index is 2.27. The fraction of sp³-hybridized carbons (Fsp3) is 0.571. The SMILES string of the molecule is CC1CN(I)C(c2ccccc2C(C)C)CO1. The highest BCUT2D eigenvalue weighted by molar-refractivity contribution is 14.1. The molecule has 0 saturated carbocycles. The van der Waals surface area contributed by atoms with Crippen molar-refractivity contribution in [2.75, 3.05) is 13.2 Å². The summed E-state index contributed by atoms with van der Waals surface area (Å²) in [6.45, 7) is 8.44. The Morgan fingerprint density at radius 1 is 1.35 bits per heavy atom. The second-order valence-electron chi connectivity index (χ2n) is 5.03. The molecule has 1 aromatic carbocycles. The van der Waals surface area contributed by atoms with Gasteiger partial charge >= 0.3 is 0 Å². The topological polar surface area (TPSA) is 12.5 Å². The van der Waals surface area contributed by atoms with E-state index >= 15 is 0 Å². The van der Waals surface area contributed by atoms with Crippen molar-refractivity contribution >= 4 is 22.9 Å². The van der Waals surface area contributed by atoms with Crippen LogP contribution in [0.5, 0.6) is 0 Å². The first-order chi connectivity index (χ1) is 8.09. The fourth-order valence-electron chi connectivity index (χ4n) is 2.34. The van der Waals surface area contributed by atoms with Crippen LogP contribution in [0.1, 0.15) is 43.9 Å². The summed E-state index contributed by atoms with van der Waals surface area (Å²) >= 11 is 2.43. The Labute approximate surface area is 118 Å². The maximum absolute atomic E-state index is 5.80. The average molecular weight is 345 g/mol. The number of ether oxygens (including phenoxy) is 1. The average Bonchev–Trinajstić information content (AvgIpc) is 2.29. The molecular formula is C14H20INO. The zero-order valence-corrected chi connectivity index (χ0v) is 12.8. The molecule has 0 aromatic heterocycles. The van der Waals surface area contributed by atoms with Gasteiger partial charge in [-0.15, -0.1) is 0 Å². The molecule has 2 rings (SSSR count). The lowest BCUT2D eigenvalue weighted by Crippen LogP contribution is -2.38. The van der Waals surface area contributed by atoms with Gasteiger partial charge in [-0.3, -0.25) is 0 Å². The van der Waals surface area contributed by atoms with Crippen molar-refractivity contribution in [1.82, 2.24) is 3.11 Å². The smallest absolute Gasteiger partial charge is 0.0683 e. The summed E-state index contributed by atoms with van der Waals surface area (Å²) in [5.74, 6) is 0.565.